The molecule has 0 aliphatic heterocycles. The number of hydrogen-bond acceptors (Lipinski definition) is 3. The lowest BCUT2D eigenvalue weighted by Gasteiger charge is -2.18. The third kappa shape index (κ3) is 5.67. The first kappa shape index (κ1) is 18.5. The summed E-state index contributed by atoms with van der Waals surface area (Å²) in [5.41, 5.74) is 3.65. The van der Waals surface area contributed by atoms with Gasteiger partial charge in [-0.3, -0.25) is 9.67 Å². The molecule has 22 heavy (non-hydrogen) atoms. The van der Waals surface area contributed by atoms with E-state index in [9.17, 15) is 0 Å². The van der Waals surface area contributed by atoms with Gasteiger partial charge in [0.25, 0.3) is 0 Å². The predicted octanol–water partition coefficient (Wildman–Crippen LogP) is 1.56. The Morgan fingerprint density at radius 3 is 2.68 bits per heavy atom. The number of rotatable bonds is 8. The molecule has 6 heteroatoms. The van der Waals surface area contributed by atoms with Crippen molar-refractivity contribution in [3.8, 4) is 0 Å². The number of nitrogens with one attached hydrogen (secondary N) is 2. The zero-order chi connectivity index (χ0) is 16.5. The Balaban J connectivity index is 2.60. The molecular formula is C16H31N5O. The smallest absolute Gasteiger partial charge is 0.191 e. The maximum absolute atomic E-state index is 5.05. The van der Waals surface area contributed by atoms with E-state index in [0.717, 1.165) is 44.2 Å². The molecule has 6 nitrogen and oxygen atoms in total. The Hall–Kier alpha value is -1.56. The fourth-order valence-corrected chi connectivity index (χ4v) is 2.42. The Morgan fingerprint density at radius 1 is 1.41 bits per heavy atom. The molecule has 0 fully saturated rings. The van der Waals surface area contributed by atoms with Gasteiger partial charge in [0.2, 0.25) is 0 Å². The second-order valence-electron chi connectivity index (χ2n) is 5.63. The van der Waals surface area contributed by atoms with Crippen LogP contribution < -0.4 is 10.6 Å². The van der Waals surface area contributed by atoms with Crippen LogP contribution in [0.15, 0.2) is 4.99 Å². The molecule has 0 aliphatic carbocycles. The average Bonchev–Trinajstić information content (AvgIpc) is 2.70. The Morgan fingerprint density at radius 2 is 2.14 bits per heavy atom. The van der Waals surface area contributed by atoms with E-state index in [4.69, 9.17) is 4.74 Å². The number of hydrogen-bond donors (Lipinski definition) is 2. The summed E-state index contributed by atoms with van der Waals surface area (Å²) in [5, 5.41) is 11.2. The molecule has 0 spiro atoms. The summed E-state index contributed by atoms with van der Waals surface area (Å²) in [5.74, 6) is 0.866. The number of methoxy groups -OCH3 is 1. The number of ether oxygens (including phenoxy) is 1. The molecule has 1 aromatic heterocycles. The van der Waals surface area contributed by atoms with Crippen molar-refractivity contribution in [2.45, 2.75) is 46.6 Å². The minimum absolute atomic E-state index is 0.293. The van der Waals surface area contributed by atoms with Gasteiger partial charge >= 0.3 is 0 Å². The molecule has 1 rings (SSSR count). The zero-order valence-electron chi connectivity index (χ0n) is 14.9. The van der Waals surface area contributed by atoms with Crippen LogP contribution in [0.2, 0.25) is 0 Å². The molecule has 0 radical (unpaired) electrons. The number of aromatic nitrogens is 2. The Bertz CT molecular complexity index is 481. The number of nitrogens with zero attached hydrogens (tertiary/aromatic N) is 3. The SMILES string of the molecule is CCNC(=NCCCOC)NC(C)Cc1c(C)nn(C)c1C. The highest BCUT2D eigenvalue weighted by Gasteiger charge is 2.13. The van der Waals surface area contributed by atoms with Gasteiger partial charge in [0.05, 0.1) is 5.69 Å². The summed E-state index contributed by atoms with van der Waals surface area (Å²) in [6.45, 7) is 10.8. The highest BCUT2D eigenvalue weighted by molar-refractivity contribution is 5.80. The molecule has 0 bridgehead atoms. The maximum Gasteiger partial charge on any atom is 0.191 e. The van der Waals surface area contributed by atoms with E-state index in [1.807, 2.05) is 11.7 Å². The normalized spacial score (nSPS) is 13.3. The van der Waals surface area contributed by atoms with Gasteiger partial charge in [0.15, 0.2) is 5.96 Å². The minimum Gasteiger partial charge on any atom is -0.385 e. The first-order valence-corrected chi connectivity index (χ1v) is 8.02. The molecule has 0 amide bonds. The highest BCUT2D eigenvalue weighted by atomic mass is 16.5. The van der Waals surface area contributed by atoms with Crippen molar-refractivity contribution >= 4 is 5.96 Å². The van der Waals surface area contributed by atoms with Crippen LogP contribution in [0, 0.1) is 13.8 Å². The third-order valence-electron chi connectivity index (χ3n) is 3.67. The van der Waals surface area contributed by atoms with Crippen LogP contribution >= 0.6 is 0 Å². The fraction of sp³-hybridized carbons (Fsp3) is 0.750. The van der Waals surface area contributed by atoms with Crippen molar-refractivity contribution in [3.05, 3.63) is 17.0 Å². The molecule has 0 aliphatic rings. The van der Waals surface area contributed by atoms with E-state index in [1.54, 1.807) is 7.11 Å². The summed E-state index contributed by atoms with van der Waals surface area (Å²) in [6.07, 6.45) is 1.87. The molecule has 0 aromatic carbocycles. The van der Waals surface area contributed by atoms with Crippen molar-refractivity contribution in [3.63, 3.8) is 0 Å². The topological polar surface area (TPSA) is 63.5 Å². The van der Waals surface area contributed by atoms with Gasteiger partial charge in [0, 0.05) is 45.6 Å². The molecular weight excluding hydrogens is 278 g/mol. The first-order chi connectivity index (χ1) is 10.5. The van der Waals surface area contributed by atoms with E-state index in [1.165, 1.54) is 11.3 Å². The number of aliphatic imine (C=N–C) groups is 1. The van der Waals surface area contributed by atoms with Crippen molar-refractivity contribution in [2.75, 3.05) is 26.8 Å². The molecule has 1 unspecified atom stereocenters. The molecule has 2 N–H and O–H groups in total. The first-order valence-electron chi connectivity index (χ1n) is 8.02. The number of aryl methyl sites for hydroxylation is 2. The van der Waals surface area contributed by atoms with Crippen LogP contribution in [0.5, 0.6) is 0 Å². The maximum atomic E-state index is 5.05. The lowest BCUT2D eigenvalue weighted by Crippen LogP contribution is -2.43. The average molecular weight is 309 g/mol. The van der Waals surface area contributed by atoms with Gasteiger partial charge in [-0.25, -0.2) is 0 Å². The summed E-state index contributed by atoms with van der Waals surface area (Å²) < 4.78 is 7.00. The second kappa shape index (κ2) is 9.46. The van der Waals surface area contributed by atoms with Gasteiger partial charge in [-0.1, -0.05) is 0 Å². The molecule has 1 heterocycles. The molecule has 0 saturated heterocycles. The molecule has 1 aromatic rings. The summed E-state index contributed by atoms with van der Waals surface area (Å²) in [6, 6.07) is 0.293. The van der Waals surface area contributed by atoms with Crippen LogP contribution in [0.25, 0.3) is 0 Å². The van der Waals surface area contributed by atoms with E-state index in [0.29, 0.717) is 6.04 Å². The van der Waals surface area contributed by atoms with Gasteiger partial charge in [-0.05, 0) is 46.1 Å². The van der Waals surface area contributed by atoms with E-state index >= 15 is 0 Å². The van der Waals surface area contributed by atoms with Crippen molar-refractivity contribution < 1.29 is 4.74 Å². The quantitative estimate of drug-likeness (QED) is 0.434. The van der Waals surface area contributed by atoms with Crippen molar-refractivity contribution in [2.24, 2.45) is 12.0 Å². The fourth-order valence-electron chi connectivity index (χ4n) is 2.42. The Labute approximate surface area is 134 Å². The largest absolute Gasteiger partial charge is 0.385 e. The lowest BCUT2D eigenvalue weighted by atomic mass is 10.1. The highest BCUT2D eigenvalue weighted by Crippen LogP contribution is 2.14. The van der Waals surface area contributed by atoms with E-state index in [2.05, 4.69) is 48.4 Å². The van der Waals surface area contributed by atoms with Crippen LogP contribution in [-0.4, -0.2) is 48.6 Å². The summed E-state index contributed by atoms with van der Waals surface area (Å²) >= 11 is 0. The predicted molar refractivity (Wildman–Crippen MR) is 91.5 cm³/mol. The van der Waals surface area contributed by atoms with Gasteiger partial charge in [-0.15, -0.1) is 0 Å². The molecule has 1 atom stereocenters. The van der Waals surface area contributed by atoms with Crippen LogP contribution in [-0.2, 0) is 18.2 Å². The van der Waals surface area contributed by atoms with Gasteiger partial charge in [-0.2, -0.15) is 5.10 Å². The minimum atomic E-state index is 0.293. The van der Waals surface area contributed by atoms with E-state index in [-0.39, 0.29) is 0 Å². The van der Waals surface area contributed by atoms with Crippen LogP contribution in [0.1, 0.15) is 37.2 Å². The number of guanidine groups is 1. The molecule has 126 valence electrons. The second-order valence-corrected chi connectivity index (χ2v) is 5.63. The summed E-state index contributed by atoms with van der Waals surface area (Å²) in [4.78, 5) is 4.58. The zero-order valence-corrected chi connectivity index (χ0v) is 14.9. The standard InChI is InChI=1S/C16H31N5O/c1-7-17-16(18-9-8-10-22-6)19-12(2)11-15-13(3)20-21(5)14(15)4/h12H,7-11H2,1-6H3,(H2,17,18,19). The Kier molecular flexibility index (Phi) is 7.95. The van der Waals surface area contributed by atoms with Gasteiger partial charge < -0.3 is 15.4 Å². The monoisotopic (exact) mass is 309 g/mol. The molecule has 0 saturated carbocycles. The van der Waals surface area contributed by atoms with Crippen LogP contribution in [0.4, 0.5) is 0 Å². The summed E-state index contributed by atoms with van der Waals surface area (Å²) in [7, 11) is 3.71. The van der Waals surface area contributed by atoms with Crippen molar-refractivity contribution in [1.82, 2.24) is 20.4 Å². The van der Waals surface area contributed by atoms with Gasteiger partial charge in [0.1, 0.15) is 0 Å². The third-order valence-corrected chi connectivity index (χ3v) is 3.67. The van der Waals surface area contributed by atoms with Crippen LogP contribution in [0.3, 0.4) is 0 Å². The van der Waals surface area contributed by atoms with E-state index < -0.39 is 0 Å². The van der Waals surface area contributed by atoms with Crippen molar-refractivity contribution in [1.29, 1.82) is 0 Å². The lowest BCUT2D eigenvalue weighted by molar-refractivity contribution is 0.197.